The Morgan fingerprint density at radius 2 is 2.10 bits per heavy atom. The van der Waals surface area contributed by atoms with Crippen molar-refractivity contribution in [1.29, 1.82) is 0 Å². The summed E-state index contributed by atoms with van der Waals surface area (Å²) in [4.78, 5) is 12.2. The van der Waals surface area contributed by atoms with Crippen LogP contribution in [0.1, 0.15) is 32.6 Å². The van der Waals surface area contributed by atoms with Gasteiger partial charge in [-0.15, -0.1) is 0 Å². The van der Waals surface area contributed by atoms with Crippen LogP contribution in [-0.4, -0.2) is 62.3 Å². The molecule has 0 aromatic carbocycles. The van der Waals surface area contributed by atoms with Gasteiger partial charge >= 0.3 is 0 Å². The SMILES string of the molecule is CCCS(=O)(=O)N1CCC(NC(=O)C2(N)CCOC2)CC1. The van der Waals surface area contributed by atoms with E-state index in [1.807, 2.05) is 6.92 Å². The highest BCUT2D eigenvalue weighted by molar-refractivity contribution is 7.89. The number of piperidine rings is 1. The number of nitrogens with zero attached hydrogens (tertiary/aromatic N) is 1. The van der Waals surface area contributed by atoms with Gasteiger partial charge in [0, 0.05) is 25.7 Å². The lowest BCUT2D eigenvalue weighted by Crippen LogP contribution is -2.58. The molecule has 0 spiro atoms. The fraction of sp³-hybridized carbons (Fsp3) is 0.923. The Balaban J connectivity index is 1.83. The zero-order valence-corrected chi connectivity index (χ0v) is 13.3. The maximum Gasteiger partial charge on any atom is 0.242 e. The molecule has 21 heavy (non-hydrogen) atoms. The molecule has 2 fully saturated rings. The van der Waals surface area contributed by atoms with Crippen LogP contribution in [0.3, 0.4) is 0 Å². The molecule has 0 saturated carbocycles. The first kappa shape index (κ1) is 16.7. The number of hydrogen-bond donors (Lipinski definition) is 2. The van der Waals surface area contributed by atoms with Gasteiger partial charge < -0.3 is 15.8 Å². The van der Waals surface area contributed by atoms with Crippen LogP contribution in [-0.2, 0) is 19.6 Å². The van der Waals surface area contributed by atoms with Crippen molar-refractivity contribution in [2.45, 2.75) is 44.2 Å². The molecule has 122 valence electrons. The molecular weight excluding hydrogens is 294 g/mol. The lowest BCUT2D eigenvalue weighted by Gasteiger charge is -2.33. The van der Waals surface area contributed by atoms with E-state index in [0.717, 1.165) is 0 Å². The number of nitrogens with one attached hydrogen (secondary N) is 1. The average molecular weight is 319 g/mol. The van der Waals surface area contributed by atoms with Gasteiger partial charge in [-0.25, -0.2) is 12.7 Å². The van der Waals surface area contributed by atoms with Crippen LogP contribution in [0.25, 0.3) is 0 Å². The molecule has 2 saturated heterocycles. The van der Waals surface area contributed by atoms with E-state index in [9.17, 15) is 13.2 Å². The van der Waals surface area contributed by atoms with Crippen molar-refractivity contribution >= 4 is 15.9 Å². The molecule has 1 unspecified atom stereocenters. The highest BCUT2D eigenvalue weighted by Crippen LogP contribution is 2.19. The maximum absolute atomic E-state index is 12.2. The Labute approximate surface area is 126 Å². The monoisotopic (exact) mass is 319 g/mol. The summed E-state index contributed by atoms with van der Waals surface area (Å²) in [5.74, 6) is 0.00246. The second kappa shape index (κ2) is 6.60. The molecule has 7 nitrogen and oxygen atoms in total. The van der Waals surface area contributed by atoms with Crippen LogP contribution in [0.5, 0.6) is 0 Å². The van der Waals surface area contributed by atoms with Gasteiger partial charge in [0.2, 0.25) is 15.9 Å². The van der Waals surface area contributed by atoms with Gasteiger partial charge in [-0.1, -0.05) is 6.92 Å². The predicted molar refractivity (Wildman–Crippen MR) is 79.2 cm³/mol. The largest absolute Gasteiger partial charge is 0.379 e. The van der Waals surface area contributed by atoms with Gasteiger partial charge in [-0.2, -0.15) is 0 Å². The number of carbonyl (C=O) groups excluding carboxylic acids is 1. The molecule has 2 heterocycles. The van der Waals surface area contributed by atoms with Crippen LogP contribution in [0.15, 0.2) is 0 Å². The molecule has 0 aromatic rings. The third kappa shape index (κ3) is 3.94. The first-order chi connectivity index (χ1) is 9.87. The second-order valence-electron chi connectivity index (χ2n) is 5.92. The van der Waals surface area contributed by atoms with Crippen molar-refractivity contribution in [3.05, 3.63) is 0 Å². The Morgan fingerprint density at radius 1 is 1.43 bits per heavy atom. The van der Waals surface area contributed by atoms with Crippen molar-refractivity contribution in [2.24, 2.45) is 5.73 Å². The minimum Gasteiger partial charge on any atom is -0.379 e. The zero-order valence-electron chi connectivity index (χ0n) is 12.5. The van der Waals surface area contributed by atoms with E-state index >= 15 is 0 Å². The Kier molecular flexibility index (Phi) is 5.24. The quantitative estimate of drug-likeness (QED) is 0.706. The van der Waals surface area contributed by atoms with Crippen molar-refractivity contribution < 1.29 is 17.9 Å². The molecule has 3 N–H and O–H groups in total. The van der Waals surface area contributed by atoms with Crippen molar-refractivity contribution in [3.8, 4) is 0 Å². The van der Waals surface area contributed by atoms with E-state index in [1.54, 1.807) is 0 Å². The zero-order chi connectivity index (χ0) is 15.5. The lowest BCUT2D eigenvalue weighted by atomic mass is 9.97. The Bertz CT molecular complexity index is 466. The summed E-state index contributed by atoms with van der Waals surface area (Å²) in [6.45, 7) is 3.54. The summed E-state index contributed by atoms with van der Waals surface area (Å²) in [6.07, 6.45) is 2.41. The summed E-state index contributed by atoms with van der Waals surface area (Å²) in [6, 6.07) is -0.00778. The van der Waals surface area contributed by atoms with Crippen molar-refractivity contribution in [1.82, 2.24) is 9.62 Å². The minimum atomic E-state index is -3.14. The second-order valence-corrected chi connectivity index (χ2v) is 8.01. The van der Waals surface area contributed by atoms with E-state index < -0.39 is 15.6 Å². The highest BCUT2D eigenvalue weighted by atomic mass is 32.2. The molecule has 0 aliphatic carbocycles. The fourth-order valence-corrected chi connectivity index (χ4v) is 4.30. The van der Waals surface area contributed by atoms with Gasteiger partial charge in [-0.3, -0.25) is 4.79 Å². The van der Waals surface area contributed by atoms with Crippen LogP contribution in [0, 0.1) is 0 Å². The van der Waals surface area contributed by atoms with Crippen molar-refractivity contribution in [2.75, 3.05) is 32.1 Å². The molecule has 8 heteroatoms. The average Bonchev–Trinajstić information content (AvgIpc) is 2.88. The topological polar surface area (TPSA) is 102 Å². The number of ether oxygens (including phenoxy) is 1. The normalized spacial score (nSPS) is 28.7. The molecule has 2 aliphatic heterocycles. The third-order valence-electron chi connectivity index (χ3n) is 4.15. The van der Waals surface area contributed by atoms with Gasteiger partial charge in [0.1, 0.15) is 5.54 Å². The number of sulfonamides is 1. The van der Waals surface area contributed by atoms with E-state index in [0.29, 0.717) is 45.4 Å². The molecule has 0 bridgehead atoms. The predicted octanol–water partition coefficient (Wildman–Crippen LogP) is -0.575. The maximum atomic E-state index is 12.2. The number of rotatable bonds is 5. The summed E-state index contributed by atoms with van der Waals surface area (Å²) < 4.78 is 30.7. The van der Waals surface area contributed by atoms with Gasteiger partial charge in [0.25, 0.3) is 0 Å². The van der Waals surface area contributed by atoms with E-state index in [2.05, 4.69) is 5.32 Å². The standard InChI is InChI=1S/C13H25N3O4S/c1-2-9-21(18,19)16-6-3-11(4-7-16)15-12(17)13(14)5-8-20-10-13/h11H,2-10,14H2,1H3,(H,15,17). The molecule has 1 atom stereocenters. The fourth-order valence-electron chi connectivity index (χ4n) is 2.75. The van der Waals surface area contributed by atoms with E-state index in [-0.39, 0.29) is 24.3 Å². The van der Waals surface area contributed by atoms with E-state index in [1.165, 1.54) is 4.31 Å². The Morgan fingerprint density at radius 3 is 2.62 bits per heavy atom. The van der Waals surface area contributed by atoms with Gasteiger partial charge in [0.15, 0.2) is 0 Å². The molecular formula is C13H25N3O4S. The summed E-state index contributed by atoms with van der Waals surface area (Å²) in [7, 11) is -3.14. The first-order valence-electron chi connectivity index (χ1n) is 7.53. The highest BCUT2D eigenvalue weighted by Gasteiger charge is 2.39. The third-order valence-corrected chi connectivity index (χ3v) is 6.23. The van der Waals surface area contributed by atoms with Crippen LogP contribution < -0.4 is 11.1 Å². The minimum absolute atomic E-state index is 0.00778. The number of amides is 1. The molecule has 0 aromatic heterocycles. The molecule has 1 amide bonds. The summed E-state index contributed by atoms with van der Waals surface area (Å²) >= 11 is 0. The number of carbonyl (C=O) groups is 1. The van der Waals surface area contributed by atoms with Crippen LogP contribution in [0.2, 0.25) is 0 Å². The molecule has 0 radical (unpaired) electrons. The van der Waals surface area contributed by atoms with Gasteiger partial charge in [-0.05, 0) is 25.7 Å². The van der Waals surface area contributed by atoms with E-state index in [4.69, 9.17) is 10.5 Å². The summed E-state index contributed by atoms with van der Waals surface area (Å²) in [5, 5.41) is 2.94. The summed E-state index contributed by atoms with van der Waals surface area (Å²) in [5.41, 5.74) is 5.09. The van der Waals surface area contributed by atoms with Crippen LogP contribution in [0.4, 0.5) is 0 Å². The Hall–Kier alpha value is -0.700. The first-order valence-corrected chi connectivity index (χ1v) is 9.14. The molecule has 2 rings (SSSR count). The lowest BCUT2D eigenvalue weighted by molar-refractivity contribution is -0.127. The smallest absolute Gasteiger partial charge is 0.242 e. The van der Waals surface area contributed by atoms with Gasteiger partial charge in [0.05, 0.1) is 12.4 Å². The molecule has 2 aliphatic rings. The van der Waals surface area contributed by atoms with Crippen LogP contribution >= 0.6 is 0 Å². The number of hydrogen-bond acceptors (Lipinski definition) is 5. The number of nitrogens with two attached hydrogens (primary N) is 1. The van der Waals surface area contributed by atoms with Crippen molar-refractivity contribution in [3.63, 3.8) is 0 Å².